The highest BCUT2D eigenvalue weighted by molar-refractivity contribution is 6.30. The normalized spacial score (nSPS) is 16.6. The maximum Gasteiger partial charge on any atom is 0.255 e. The fraction of sp³-hybridized carbons (Fsp3) is 0.409. The summed E-state index contributed by atoms with van der Waals surface area (Å²) in [6, 6.07) is 9.48. The van der Waals surface area contributed by atoms with Gasteiger partial charge in [-0.2, -0.15) is 0 Å². The van der Waals surface area contributed by atoms with E-state index in [-0.39, 0.29) is 17.9 Å². The highest BCUT2D eigenvalue weighted by atomic mass is 35.5. The van der Waals surface area contributed by atoms with Gasteiger partial charge in [0, 0.05) is 36.5 Å². The Hall–Kier alpha value is -2.40. The van der Waals surface area contributed by atoms with Crippen LogP contribution in [0, 0.1) is 0 Å². The van der Waals surface area contributed by atoms with Crippen molar-refractivity contribution in [2.45, 2.75) is 45.1 Å². The van der Waals surface area contributed by atoms with Crippen molar-refractivity contribution in [1.82, 2.24) is 15.2 Å². The van der Waals surface area contributed by atoms with Gasteiger partial charge in [-0.1, -0.05) is 30.7 Å². The Balaban J connectivity index is 1.60. The molecule has 1 unspecified atom stereocenters. The molecule has 0 bridgehead atoms. The monoisotopic (exact) mass is 399 g/mol. The van der Waals surface area contributed by atoms with Crippen molar-refractivity contribution in [3.63, 3.8) is 0 Å². The lowest BCUT2D eigenvalue weighted by atomic mass is 9.99. The molecule has 5 nitrogen and oxygen atoms in total. The van der Waals surface area contributed by atoms with Gasteiger partial charge in [-0.3, -0.25) is 14.6 Å². The number of rotatable bonds is 6. The number of aromatic nitrogens is 1. The first kappa shape index (κ1) is 20.3. The zero-order chi connectivity index (χ0) is 19.9. The minimum atomic E-state index is -0.221. The summed E-state index contributed by atoms with van der Waals surface area (Å²) in [6.45, 7) is 3.39. The summed E-state index contributed by atoms with van der Waals surface area (Å²) in [4.78, 5) is 31.4. The van der Waals surface area contributed by atoms with E-state index in [0.717, 1.165) is 37.8 Å². The molecule has 2 heterocycles. The third-order valence-corrected chi connectivity index (χ3v) is 5.47. The van der Waals surface area contributed by atoms with Gasteiger partial charge in [0.25, 0.3) is 11.8 Å². The number of carbonyl (C=O) groups excluding carboxylic acids is 2. The van der Waals surface area contributed by atoms with Gasteiger partial charge >= 0.3 is 0 Å². The molecular weight excluding hydrogens is 374 g/mol. The van der Waals surface area contributed by atoms with Gasteiger partial charge in [0.1, 0.15) is 0 Å². The highest BCUT2D eigenvalue weighted by Crippen LogP contribution is 2.22. The van der Waals surface area contributed by atoms with Crippen LogP contribution in [-0.2, 0) is 6.42 Å². The smallest absolute Gasteiger partial charge is 0.255 e. The van der Waals surface area contributed by atoms with Crippen LogP contribution in [0.25, 0.3) is 0 Å². The summed E-state index contributed by atoms with van der Waals surface area (Å²) >= 11 is 5.88. The number of halogens is 1. The first-order valence-corrected chi connectivity index (χ1v) is 10.2. The van der Waals surface area contributed by atoms with E-state index in [4.69, 9.17) is 11.6 Å². The lowest BCUT2D eigenvalue weighted by Crippen LogP contribution is -2.43. The average molecular weight is 400 g/mol. The Morgan fingerprint density at radius 1 is 1.18 bits per heavy atom. The summed E-state index contributed by atoms with van der Waals surface area (Å²) in [7, 11) is 0. The fourth-order valence-corrected chi connectivity index (χ4v) is 3.74. The van der Waals surface area contributed by atoms with E-state index < -0.39 is 0 Å². The molecule has 1 atom stereocenters. The van der Waals surface area contributed by atoms with Crippen LogP contribution < -0.4 is 5.32 Å². The molecule has 1 saturated heterocycles. The second-order valence-corrected chi connectivity index (χ2v) is 7.59. The maximum absolute atomic E-state index is 12.9. The summed E-state index contributed by atoms with van der Waals surface area (Å²) < 4.78 is 0. The van der Waals surface area contributed by atoms with Crippen molar-refractivity contribution in [3.8, 4) is 0 Å². The Morgan fingerprint density at radius 2 is 1.93 bits per heavy atom. The SMILES string of the molecule is CCC1CCCCN1C(=O)c1cncc(C(=O)NCCc2ccc(Cl)cc2)c1. The van der Waals surface area contributed by atoms with E-state index in [1.807, 2.05) is 29.2 Å². The number of benzene rings is 1. The van der Waals surface area contributed by atoms with Gasteiger partial charge < -0.3 is 10.2 Å². The van der Waals surface area contributed by atoms with Crippen LogP contribution in [0.1, 0.15) is 58.9 Å². The third-order valence-electron chi connectivity index (χ3n) is 5.22. The van der Waals surface area contributed by atoms with Gasteiger partial charge in [0.05, 0.1) is 11.1 Å². The van der Waals surface area contributed by atoms with Gasteiger partial charge in [0.2, 0.25) is 0 Å². The number of piperidine rings is 1. The number of nitrogens with zero attached hydrogens (tertiary/aromatic N) is 2. The van der Waals surface area contributed by atoms with E-state index in [1.54, 1.807) is 12.3 Å². The number of hydrogen-bond donors (Lipinski definition) is 1. The van der Waals surface area contributed by atoms with E-state index in [2.05, 4.69) is 17.2 Å². The minimum Gasteiger partial charge on any atom is -0.352 e. The van der Waals surface area contributed by atoms with Crippen LogP contribution in [-0.4, -0.2) is 40.8 Å². The molecule has 28 heavy (non-hydrogen) atoms. The summed E-state index contributed by atoms with van der Waals surface area (Å²) in [5.41, 5.74) is 1.99. The topological polar surface area (TPSA) is 62.3 Å². The molecule has 0 aliphatic carbocycles. The molecule has 1 aromatic heterocycles. The Labute approximate surface area is 171 Å². The molecule has 3 rings (SSSR count). The molecule has 2 aromatic rings. The summed E-state index contributed by atoms with van der Waals surface area (Å²) in [5, 5.41) is 3.58. The van der Waals surface area contributed by atoms with Gasteiger partial charge in [-0.05, 0) is 55.9 Å². The number of carbonyl (C=O) groups is 2. The summed E-state index contributed by atoms with van der Waals surface area (Å²) in [5.74, 6) is -0.253. The predicted molar refractivity (Wildman–Crippen MR) is 111 cm³/mol. The predicted octanol–water partition coefficient (Wildman–Crippen LogP) is 4.11. The van der Waals surface area contributed by atoms with Crippen molar-refractivity contribution in [1.29, 1.82) is 0 Å². The first-order chi connectivity index (χ1) is 13.6. The maximum atomic E-state index is 12.9. The van der Waals surface area contributed by atoms with Crippen LogP contribution >= 0.6 is 11.6 Å². The van der Waals surface area contributed by atoms with Crippen molar-refractivity contribution >= 4 is 23.4 Å². The van der Waals surface area contributed by atoms with E-state index >= 15 is 0 Å². The lowest BCUT2D eigenvalue weighted by molar-refractivity contribution is 0.0607. The molecule has 1 aliphatic heterocycles. The quantitative estimate of drug-likeness (QED) is 0.794. The van der Waals surface area contributed by atoms with Crippen LogP contribution in [0.5, 0.6) is 0 Å². The van der Waals surface area contributed by atoms with E-state index in [1.165, 1.54) is 6.20 Å². The Kier molecular flexibility index (Phi) is 7.04. The highest BCUT2D eigenvalue weighted by Gasteiger charge is 2.26. The summed E-state index contributed by atoms with van der Waals surface area (Å²) in [6.07, 6.45) is 7.94. The minimum absolute atomic E-state index is 0.0325. The number of likely N-dealkylation sites (tertiary alicyclic amines) is 1. The number of nitrogens with one attached hydrogen (secondary N) is 1. The molecule has 1 aliphatic rings. The van der Waals surface area contributed by atoms with Crippen LogP contribution in [0.2, 0.25) is 5.02 Å². The van der Waals surface area contributed by atoms with E-state index in [0.29, 0.717) is 29.1 Å². The first-order valence-electron chi connectivity index (χ1n) is 9.87. The standard InChI is InChI=1S/C22H26ClN3O2/c1-2-20-5-3-4-12-26(20)22(28)18-13-17(14-24-15-18)21(27)25-11-10-16-6-8-19(23)9-7-16/h6-9,13-15,20H,2-5,10-12H2,1H3,(H,25,27). The number of hydrogen-bond acceptors (Lipinski definition) is 3. The lowest BCUT2D eigenvalue weighted by Gasteiger charge is -2.35. The van der Waals surface area contributed by atoms with Crippen LogP contribution in [0.3, 0.4) is 0 Å². The largest absolute Gasteiger partial charge is 0.352 e. The zero-order valence-corrected chi connectivity index (χ0v) is 16.9. The molecule has 6 heteroatoms. The second-order valence-electron chi connectivity index (χ2n) is 7.15. The second kappa shape index (κ2) is 9.69. The fourth-order valence-electron chi connectivity index (χ4n) is 3.61. The van der Waals surface area contributed by atoms with E-state index in [9.17, 15) is 9.59 Å². The molecule has 1 fully saturated rings. The molecule has 0 radical (unpaired) electrons. The molecule has 2 amide bonds. The molecule has 0 spiro atoms. The van der Waals surface area contributed by atoms with Gasteiger partial charge in [-0.15, -0.1) is 0 Å². The Bertz CT molecular complexity index is 823. The van der Waals surface area contributed by atoms with Crippen molar-refractivity contribution in [2.24, 2.45) is 0 Å². The third kappa shape index (κ3) is 5.10. The Morgan fingerprint density at radius 3 is 2.68 bits per heavy atom. The molecule has 0 saturated carbocycles. The molecular formula is C22H26ClN3O2. The zero-order valence-electron chi connectivity index (χ0n) is 16.2. The van der Waals surface area contributed by atoms with Crippen LogP contribution in [0.15, 0.2) is 42.7 Å². The van der Waals surface area contributed by atoms with Crippen molar-refractivity contribution in [2.75, 3.05) is 13.1 Å². The van der Waals surface area contributed by atoms with Crippen LogP contribution in [0.4, 0.5) is 0 Å². The van der Waals surface area contributed by atoms with Crippen molar-refractivity contribution < 1.29 is 9.59 Å². The number of pyridine rings is 1. The molecule has 1 aromatic carbocycles. The molecule has 1 N–H and O–H groups in total. The van der Waals surface area contributed by atoms with Gasteiger partial charge in [-0.25, -0.2) is 0 Å². The molecule has 148 valence electrons. The average Bonchev–Trinajstić information content (AvgIpc) is 2.74. The van der Waals surface area contributed by atoms with Gasteiger partial charge in [0.15, 0.2) is 0 Å². The number of amides is 2. The van der Waals surface area contributed by atoms with Crippen molar-refractivity contribution in [3.05, 3.63) is 64.4 Å².